The van der Waals surface area contributed by atoms with E-state index in [-0.39, 0.29) is 18.4 Å². The van der Waals surface area contributed by atoms with E-state index >= 15 is 0 Å². The molecule has 0 aliphatic rings. The van der Waals surface area contributed by atoms with Gasteiger partial charge in [0.25, 0.3) is 0 Å². The third kappa shape index (κ3) is 5.10. The lowest BCUT2D eigenvalue weighted by Crippen LogP contribution is -2.20. The van der Waals surface area contributed by atoms with Crippen LogP contribution in [0.4, 0.5) is 22.0 Å². The van der Waals surface area contributed by atoms with Crippen molar-refractivity contribution in [1.82, 2.24) is 9.55 Å². The average Bonchev–Trinajstić information content (AvgIpc) is 3.12. The maximum Gasteiger partial charge on any atom is 0.323 e. The van der Waals surface area contributed by atoms with E-state index in [4.69, 9.17) is 10.5 Å². The molecule has 0 saturated heterocycles. The first-order chi connectivity index (χ1) is 14.5. The summed E-state index contributed by atoms with van der Waals surface area (Å²) in [5.41, 5.74) is 9.13. The molecule has 4 N–H and O–H groups in total. The number of benzene rings is 2. The van der Waals surface area contributed by atoms with Crippen LogP contribution in [0.1, 0.15) is 5.56 Å². The number of carbonyl (C=O) groups excluding carboxylic acids is 1. The molecule has 0 spiro atoms. The number of rotatable bonds is 5. The number of carbonyl (C=O) groups is 1. The first-order valence-corrected chi connectivity index (χ1v) is 10.0. The maximum absolute atomic E-state index is 12.6. The van der Waals surface area contributed by atoms with Crippen molar-refractivity contribution in [2.45, 2.75) is 6.54 Å². The summed E-state index contributed by atoms with van der Waals surface area (Å²) >= 11 is 3.41. The lowest BCUT2D eigenvalue weighted by Gasteiger charge is -2.12. The Labute approximate surface area is 194 Å². The van der Waals surface area contributed by atoms with E-state index in [0.29, 0.717) is 29.5 Å². The van der Waals surface area contributed by atoms with Crippen LogP contribution >= 0.6 is 28.3 Å². The summed E-state index contributed by atoms with van der Waals surface area (Å²) < 4.78 is 8.25. The second-order valence-corrected chi connectivity index (χ2v) is 7.61. The molecule has 31 heavy (non-hydrogen) atoms. The molecule has 0 bridgehead atoms. The molecule has 0 aliphatic heterocycles. The molecule has 2 aromatic carbocycles. The van der Waals surface area contributed by atoms with Crippen molar-refractivity contribution in [3.05, 3.63) is 77.0 Å². The van der Waals surface area contributed by atoms with E-state index in [9.17, 15) is 4.79 Å². The Hall–Kier alpha value is -3.23. The number of nitrogen functional groups attached to an aromatic ring is 1. The number of pyridine rings is 1. The first kappa shape index (κ1) is 22.5. The largest absolute Gasteiger partial charge is 0.495 e. The molecule has 7 nitrogen and oxygen atoms in total. The van der Waals surface area contributed by atoms with Crippen molar-refractivity contribution in [3.8, 4) is 5.75 Å². The average molecular weight is 503 g/mol. The molecule has 0 atom stereocenters. The molecular weight excluding hydrogens is 482 g/mol. The van der Waals surface area contributed by atoms with E-state index in [1.54, 1.807) is 25.4 Å². The van der Waals surface area contributed by atoms with Gasteiger partial charge in [-0.2, -0.15) is 0 Å². The monoisotopic (exact) mass is 501 g/mol. The number of urea groups is 1. The number of anilines is 3. The predicted octanol–water partition coefficient (Wildman–Crippen LogP) is 5.50. The molecule has 4 rings (SSSR count). The summed E-state index contributed by atoms with van der Waals surface area (Å²) in [7, 11) is 1.56. The van der Waals surface area contributed by atoms with Crippen LogP contribution in [0.25, 0.3) is 10.9 Å². The number of hydrogen-bond acceptors (Lipinski definition) is 4. The maximum atomic E-state index is 12.6. The van der Waals surface area contributed by atoms with Crippen molar-refractivity contribution in [1.29, 1.82) is 0 Å². The van der Waals surface area contributed by atoms with Crippen molar-refractivity contribution >= 4 is 62.5 Å². The predicted molar refractivity (Wildman–Crippen MR) is 130 cm³/mol. The van der Waals surface area contributed by atoms with Crippen LogP contribution in [0, 0.1) is 0 Å². The smallest absolute Gasteiger partial charge is 0.323 e. The minimum Gasteiger partial charge on any atom is -0.495 e. The highest BCUT2D eigenvalue weighted by Gasteiger charge is 2.12. The first-order valence-electron chi connectivity index (χ1n) is 9.23. The van der Waals surface area contributed by atoms with Crippen molar-refractivity contribution in [2.24, 2.45) is 0 Å². The van der Waals surface area contributed by atoms with Gasteiger partial charge in [-0.25, -0.2) is 9.78 Å². The summed E-state index contributed by atoms with van der Waals surface area (Å²) in [5, 5.41) is 6.70. The number of aromatic nitrogens is 2. The number of methoxy groups -OCH3 is 1. The van der Waals surface area contributed by atoms with Crippen molar-refractivity contribution in [2.75, 3.05) is 23.5 Å². The van der Waals surface area contributed by atoms with Gasteiger partial charge in [0.2, 0.25) is 0 Å². The molecule has 9 heteroatoms. The van der Waals surface area contributed by atoms with E-state index in [1.807, 2.05) is 48.7 Å². The third-order valence-corrected chi connectivity index (χ3v) is 5.16. The Morgan fingerprint density at radius 3 is 2.71 bits per heavy atom. The zero-order valence-corrected chi connectivity index (χ0v) is 19.0. The lowest BCUT2D eigenvalue weighted by molar-refractivity contribution is 0.262. The van der Waals surface area contributed by atoms with Gasteiger partial charge in [-0.05, 0) is 54.1 Å². The van der Waals surface area contributed by atoms with Crippen LogP contribution in [0.15, 0.2) is 71.5 Å². The number of fused-ring (bicyclic) bond motifs is 1. The Bertz CT molecular complexity index is 1230. The van der Waals surface area contributed by atoms with Crippen LogP contribution in [0.2, 0.25) is 0 Å². The van der Waals surface area contributed by atoms with Gasteiger partial charge in [0.1, 0.15) is 11.6 Å². The number of amides is 2. The van der Waals surface area contributed by atoms with E-state index in [1.165, 1.54) is 0 Å². The van der Waals surface area contributed by atoms with Gasteiger partial charge in [0.15, 0.2) is 0 Å². The highest BCUT2D eigenvalue weighted by atomic mass is 79.9. The van der Waals surface area contributed by atoms with Crippen LogP contribution < -0.4 is 21.1 Å². The number of halogens is 2. The molecule has 0 fully saturated rings. The highest BCUT2D eigenvalue weighted by Crippen LogP contribution is 2.29. The molecule has 0 unspecified atom stereocenters. The standard InChI is InChI=1S/C22H20BrN5O2.ClH/c1-30-20-6-5-15(23)12-18(20)27-22(29)26-17-3-2-4-19-16(17)8-10-28(19)13-14-7-9-25-21(24)11-14;/h2-12H,13H2,1H3,(H2,24,25)(H2,26,27,29);1H. The minimum atomic E-state index is -0.353. The van der Waals surface area contributed by atoms with E-state index < -0.39 is 0 Å². The summed E-state index contributed by atoms with van der Waals surface area (Å²) in [4.78, 5) is 16.7. The number of hydrogen-bond donors (Lipinski definition) is 3. The van der Waals surface area contributed by atoms with Crippen LogP contribution in [-0.2, 0) is 6.54 Å². The number of nitrogens with one attached hydrogen (secondary N) is 2. The molecule has 2 aromatic heterocycles. The molecule has 160 valence electrons. The number of nitrogens with two attached hydrogens (primary N) is 1. The SMILES string of the molecule is COc1ccc(Br)cc1NC(=O)Nc1cccc2c1ccn2Cc1ccnc(N)c1.Cl. The van der Waals surface area contributed by atoms with Crippen molar-refractivity contribution in [3.63, 3.8) is 0 Å². The fourth-order valence-corrected chi connectivity index (χ4v) is 3.67. The van der Waals surface area contributed by atoms with Crippen LogP contribution in [0.3, 0.4) is 0 Å². The Kier molecular flexibility index (Phi) is 7.04. The van der Waals surface area contributed by atoms with Crippen LogP contribution in [-0.4, -0.2) is 22.7 Å². The molecule has 0 radical (unpaired) electrons. The molecule has 2 amide bonds. The Morgan fingerprint density at radius 1 is 1.13 bits per heavy atom. The number of ether oxygens (including phenoxy) is 1. The molecular formula is C22H21BrClN5O2. The summed E-state index contributed by atoms with van der Waals surface area (Å²) in [5.74, 6) is 1.07. The summed E-state index contributed by atoms with van der Waals surface area (Å²) in [6, 6.07) is 16.6. The van der Waals surface area contributed by atoms with E-state index in [0.717, 1.165) is 20.9 Å². The number of nitrogens with zero attached hydrogens (tertiary/aromatic N) is 2. The second kappa shape index (κ2) is 9.72. The molecule has 0 saturated carbocycles. The van der Waals surface area contributed by atoms with Crippen molar-refractivity contribution < 1.29 is 9.53 Å². The third-order valence-electron chi connectivity index (χ3n) is 4.67. The second-order valence-electron chi connectivity index (χ2n) is 6.69. The quantitative estimate of drug-likeness (QED) is 0.336. The van der Waals surface area contributed by atoms with Gasteiger partial charge in [0.05, 0.1) is 24.0 Å². The summed E-state index contributed by atoms with van der Waals surface area (Å²) in [6.45, 7) is 0.654. The zero-order chi connectivity index (χ0) is 21.1. The van der Waals surface area contributed by atoms with E-state index in [2.05, 4.69) is 36.1 Å². The van der Waals surface area contributed by atoms with Gasteiger partial charge < -0.3 is 25.7 Å². The molecule has 4 aromatic rings. The van der Waals surface area contributed by atoms with Crippen LogP contribution in [0.5, 0.6) is 5.75 Å². The van der Waals surface area contributed by atoms with Gasteiger partial charge in [-0.15, -0.1) is 12.4 Å². The zero-order valence-electron chi connectivity index (χ0n) is 16.6. The molecule has 0 aliphatic carbocycles. The Balaban J connectivity index is 0.00000272. The van der Waals surface area contributed by atoms with Gasteiger partial charge in [0, 0.05) is 28.8 Å². The highest BCUT2D eigenvalue weighted by molar-refractivity contribution is 9.10. The van der Waals surface area contributed by atoms with Gasteiger partial charge in [-0.3, -0.25) is 0 Å². The topological polar surface area (TPSA) is 94.2 Å². The van der Waals surface area contributed by atoms with Gasteiger partial charge in [-0.1, -0.05) is 22.0 Å². The molecule has 2 heterocycles. The fraction of sp³-hybridized carbons (Fsp3) is 0.0909. The minimum absolute atomic E-state index is 0. The van der Waals surface area contributed by atoms with Gasteiger partial charge >= 0.3 is 6.03 Å². The summed E-state index contributed by atoms with van der Waals surface area (Å²) in [6.07, 6.45) is 3.69. The normalized spacial score (nSPS) is 10.4. The Morgan fingerprint density at radius 2 is 1.94 bits per heavy atom. The lowest BCUT2D eigenvalue weighted by atomic mass is 10.2. The fourth-order valence-electron chi connectivity index (χ4n) is 3.31.